The van der Waals surface area contributed by atoms with E-state index in [1.807, 2.05) is 43.0 Å². The fourth-order valence-electron chi connectivity index (χ4n) is 2.88. The summed E-state index contributed by atoms with van der Waals surface area (Å²) in [4.78, 5) is 27.0. The Balaban J connectivity index is 1.77. The molecule has 1 amide bonds. The number of pyridine rings is 1. The Bertz CT molecular complexity index is 689. The number of nitrogens with zero attached hydrogens (tertiary/aromatic N) is 4. The number of amides is 1. The van der Waals surface area contributed by atoms with Gasteiger partial charge in [0.25, 0.3) is 0 Å². The van der Waals surface area contributed by atoms with Crippen molar-refractivity contribution in [1.82, 2.24) is 19.9 Å². The van der Waals surface area contributed by atoms with Crippen molar-refractivity contribution < 1.29 is 4.79 Å². The maximum Gasteiger partial charge on any atom is 0.222 e. The van der Waals surface area contributed by atoms with Crippen LogP contribution in [-0.4, -0.2) is 38.8 Å². The lowest BCUT2D eigenvalue weighted by Gasteiger charge is -2.16. The molecule has 1 fully saturated rings. The van der Waals surface area contributed by atoms with Crippen molar-refractivity contribution in [3.63, 3.8) is 0 Å². The molecular weight excluding hydrogens is 290 g/mol. The molecule has 0 aromatic carbocycles. The van der Waals surface area contributed by atoms with Crippen LogP contribution in [0.15, 0.2) is 30.5 Å². The summed E-state index contributed by atoms with van der Waals surface area (Å²) in [5.74, 6) is 2.71. The summed E-state index contributed by atoms with van der Waals surface area (Å²) in [5, 5.41) is 3.21. The fourth-order valence-corrected chi connectivity index (χ4v) is 2.88. The van der Waals surface area contributed by atoms with Crippen molar-refractivity contribution in [2.45, 2.75) is 32.6 Å². The van der Waals surface area contributed by atoms with Crippen LogP contribution in [0, 0.1) is 6.92 Å². The van der Waals surface area contributed by atoms with E-state index in [0.717, 1.165) is 42.7 Å². The number of nitrogens with one attached hydrogen (secondary N) is 1. The van der Waals surface area contributed by atoms with Gasteiger partial charge in [0.15, 0.2) is 0 Å². The molecule has 6 nitrogen and oxygen atoms in total. The Morgan fingerprint density at radius 2 is 2.22 bits per heavy atom. The highest BCUT2D eigenvalue weighted by atomic mass is 16.2. The zero-order valence-corrected chi connectivity index (χ0v) is 13.5. The molecule has 1 saturated heterocycles. The molecule has 2 aromatic rings. The normalized spacial score (nSPS) is 17.3. The minimum Gasteiger partial charge on any atom is -0.342 e. The molecule has 120 valence electrons. The predicted octanol–water partition coefficient (Wildman–Crippen LogP) is 2.65. The number of carbonyl (C=O) groups is 1. The Morgan fingerprint density at radius 3 is 2.96 bits per heavy atom. The van der Waals surface area contributed by atoms with Crippen LogP contribution < -0.4 is 5.32 Å². The smallest absolute Gasteiger partial charge is 0.222 e. The van der Waals surface area contributed by atoms with Crippen LogP contribution in [0.1, 0.15) is 37.2 Å². The average Bonchev–Trinajstić information content (AvgIpc) is 3.04. The molecule has 1 unspecified atom stereocenters. The van der Waals surface area contributed by atoms with Crippen molar-refractivity contribution in [2.75, 3.05) is 18.4 Å². The van der Waals surface area contributed by atoms with E-state index >= 15 is 0 Å². The van der Waals surface area contributed by atoms with Gasteiger partial charge in [-0.1, -0.05) is 13.0 Å². The third-order valence-corrected chi connectivity index (χ3v) is 4.04. The quantitative estimate of drug-likeness (QED) is 0.940. The molecule has 1 N–H and O–H groups in total. The van der Waals surface area contributed by atoms with Gasteiger partial charge < -0.3 is 10.2 Å². The lowest BCUT2D eigenvalue weighted by atomic mass is 10.0. The van der Waals surface area contributed by atoms with E-state index in [1.54, 1.807) is 6.20 Å². The standard InChI is InChI=1S/C17H21N5O/c1-3-17(23)22-9-7-13(11-22)14-10-16(20-12(2)19-14)21-15-6-4-5-8-18-15/h4-6,8,10,13H,3,7,9,11H2,1-2H3,(H,18,19,20,21). The molecule has 0 bridgehead atoms. The second-order valence-electron chi connectivity index (χ2n) is 5.74. The van der Waals surface area contributed by atoms with Gasteiger partial charge in [-0.15, -0.1) is 0 Å². The summed E-state index contributed by atoms with van der Waals surface area (Å²) in [5.41, 5.74) is 0.988. The first-order chi connectivity index (χ1) is 11.2. The molecule has 6 heteroatoms. The predicted molar refractivity (Wildman–Crippen MR) is 88.5 cm³/mol. The molecule has 1 aliphatic heterocycles. The molecule has 0 aliphatic carbocycles. The monoisotopic (exact) mass is 311 g/mol. The van der Waals surface area contributed by atoms with Gasteiger partial charge in [-0.25, -0.2) is 15.0 Å². The number of hydrogen-bond acceptors (Lipinski definition) is 5. The molecule has 3 rings (SSSR count). The molecule has 1 aliphatic rings. The molecular formula is C17H21N5O. The molecule has 1 atom stereocenters. The lowest BCUT2D eigenvalue weighted by molar-refractivity contribution is -0.129. The summed E-state index contributed by atoms with van der Waals surface area (Å²) in [6, 6.07) is 7.66. The maximum atomic E-state index is 11.8. The molecule has 2 aromatic heterocycles. The van der Waals surface area contributed by atoms with Crippen LogP contribution in [0.2, 0.25) is 0 Å². The molecule has 0 saturated carbocycles. The third-order valence-electron chi connectivity index (χ3n) is 4.04. The number of likely N-dealkylation sites (tertiary alicyclic amines) is 1. The van der Waals surface area contributed by atoms with Crippen LogP contribution in [0.5, 0.6) is 0 Å². The Kier molecular flexibility index (Phi) is 4.50. The van der Waals surface area contributed by atoms with E-state index in [2.05, 4.69) is 20.3 Å². The summed E-state index contributed by atoms with van der Waals surface area (Å²) >= 11 is 0. The van der Waals surface area contributed by atoms with E-state index in [0.29, 0.717) is 6.42 Å². The van der Waals surface area contributed by atoms with E-state index in [1.165, 1.54) is 0 Å². The number of anilines is 2. The first kappa shape index (κ1) is 15.4. The number of hydrogen-bond donors (Lipinski definition) is 1. The highest BCUT2D eigenvalue weighted by Crippen LogP contribution is 2.28. The van der Waals surface area contributed by atoms with Gasteiger partial charge in [0, 0.05) is 37.7 Å². The van der Waals surface area contributed by atoms with Gasteiger partial charge in [0.2, 0.25) is 5.91 Å². The summed E-state index contributed by atoms with van der Waals surface area (Å²) < 4.78 is 0. The van der Waals surface area contributed by atoms with E-state index in [9.17, 15) is 4.79 Å². The SMILES string of the molecule is CCC(=O)N1CCC(c2cc(Nc3ccccn3)nc(C)n2)C1. The molecule has 0 spiro atoms. The molecule has 0 radical (unpaired) electrons. The van der Waals surface area contributed by atoms with Crippen molar-refractivity contribution in [3.8, 4) is 0 Å². The lowest BCUT2D eigenvalue weighted by Crippen LogP contribution is -2.27. The van der Waals surface area contributed by atoms with Crippen molar-refractivity contribution in [1.29, 1.82) is 0 Å². The second-order valence-corrected chi connectivity index (χ2v) is 5.74. The number of aryl methyl sites for hydroxylation is 1. The highest BCUT2D eigenvalue weighted by Gasteiger charge is 2.27. The van der Waals surface area contributed by atoms with Crippen LogP contribution in [0.3, 0.4) is 0 Å². The van der Waals surface area contributed by atoms with E-state index in [4.69, 9.17) is 0 Å². The summed E-state index contributed by atoms with van der Waals surface area (Å²) in [7, 11) is 0. The maximum absolute atomic E-state index is 11.8. The van der Waals surface area contributed by atoms with Gasteiger partial charge in [-0.05, 0) is 25.5 Å². The zero-order chi connectivity index (χ0) is 16.2. The number of rotatable bonds is 4. The van der Waals surface area contributed by atoms with Crippen LogP contribution in [0.4, 0.5) is 11.6 Å². The fraction of sp³-hybridized carbons (Fsp3) is 0.412. The summed E-state index contributed by atoms with van der Waals surface area (Å²) in [6.45, 7) is 5.34. The van der Waals surface area contributed by atoms with Gasteiger partial charge in [0.1, 0.15) is 17.5 Å². The first-order valence-electron chi connectivity index (χ1n) is 7.97. The number of carbonyl (C=O) groups excluding carboxylic acids is 1. The van der Waals surface area contributed by atoms with Crippen LogP contribution in [-0.2, 0) is 4.79 Å². The molecule has 23 heavy (non-hydrogen) atoms. The first-order valence-corrected chi connectivity index (χ1v) is 7.97. The third kappa shape index (κ3) is 3.64. The van der Waals surface area contributed by atoms with Crippen molar-refractivity contribution >= 4 is 17.5 Å². The second kappa shape index (κ2) is 6.73. The van der Waals surface area contributed by atoms with Gasteiger partial charge in [-0.2, -0.15) is 0 Å². The van der Waals surface area contributed by atoms with Crippen molar-refractivity contribution in [2.24, 2.45) is 0 Å². The van der Waals surface area contributed by atoms with E-state index < -0.39 is 0 Å². The van der Waals surface area contributed by atoms with Crippen LogP contribution in [0.25, 0.3) is 0 Å². The minimum atomic E-state index is 0.213. The minimum absolute atomic E-state index is 0.213. The zero-order valence-electron chi connectivity index (χ0n) is 13.5. The van der Waals surface area contributed by atoms with E-state index in [-0.39, 0.29) is 11.8 Å². The van der Waals surface area contributed by atoms with Crippen molar-refractivity contribution in [3.05, 3.63) is 42.0 Å². The Morgan fingerprint density at radius 1 is 1.35 bits per heavy atom. The number of aromatic nitrogens is 3. The Hall–Kier alpha value is -2.50. The topological polar surface area (TPSA) is 71.0 Å². The van der Waals surface area contributed by atoms with Gasteiger partial charge >= 0.3 is 0 Å². The van der Waals surface area contributed by atoms with Gasteiger partial charge in [0.05, 0.1) is 5.69 Å². The Labute approximate surface area is 136 Å². The van der Waals surface area contributed by atoms with Crippen LogP contribution >= 0.6 is 0 Å². The average molecular weight is 311 g/mol. The molecule has 3 heterocycles. The largest absolute Gasteiger partial charge is 0.342 e. The summed E-state index contributed by atoms with van der Waals surface area (Å²) in [6.07, 6.45) is 3.25. The highest BCUT2D eigenvalue weighted by molar-refractivity contribution is 5.76. The van der Waals surface area contributed by atoms with Gasteiger partial charge in [-0.3, -0.25) is 4.79 Å².